The van der Waals surface area contributed by atoms with Crippen molar-refractivity contribution in [3.05, 3.63) is 68.3 Å². The predicted molar refractivity (Wildman–Crippen MR) is 305 cm³/mol. The van der Waals surface area contributed by atoms with Crippen LogP contribution >= 0.6 is 0 Å². The molecular weight excluding hydrogens is 977 g/mol. The van der Waals surface area contributed by atoms with E-state index in [0.717, 1.165) is 71.9 Å². The van der Waals surface area contributed by atoms with Crippen molar-refractivity contribution in [2.45, 2.75) is 121 Å². The first kappa shape index (κ1) is 70.3. The van der Waals surface area contributed by atoms with Gasteiger partial charge in [0, 0.05) is 114 Å². The molecule has 0 saturated carbocycles. The number of methoxy groups -OCH3 is 10. The maximum Gasteiger partial charge on any atom is 0.207 e. The van der Waals surface area contributed by atoms with Gasteiger partial charge in [-0.25, -0.2) is 0 Å². The average Bonchev–Trinajstić information content (AvgIpc) is 3.39. The molecule has 0 atom stereocenters. The average molecular weight is 1080 g/mol. The van der Waals surface area contributed by atoms with E-state index in [9.17, 15) is 10.2 Å². The highest BCUT2D eigenvalue weighted by atomic mass is 16.6. The fraction of sp³-hybridized carbons (Fsp3) is 0.600. The Balaban J connectivity index is 0.00000111. The smallest absolute Gasteiger partial charge is 0.207 e. The standard InChI is InChI=1S/C22H36O6.C19H30O5.C18H28O5.CH4/c1-16(2)10-11-18-17(3)19(27-14-8-12-23-4)21(25-6)22(26-7)20(18)28-15-9-13-24-5;1-7-13(2)9-10-15-14(3)17(24-12-8-11-21-4)19(23-6)18(22-5)16(15)20;1-12(2)8-9-14-13(3)15(19)17(21-5)18(22-6)16(14)23-11-7-10-20-4;/h10H,8-9,11-15H2,1-7H3;9,20H,7-8,10-12H2,1-6H3;8,19H,7,9-11H2,1-6H3;1H4/b;13-9+;;. The molecule has 0 saturated heterocycles. The van der Waals surface area contributed by atoms with Crippen LogP contribution in [0.3, 0.4) is 0 Å². The summed E-state index contributed by atoms with van der Waals surface area (Å²) in [7, 11) is 16.0. The SMILES string of the molecule is C.CC/C(C)=C/Cc1c(C)c(OCCCOC)c(OC)c(OC)c1O.COCCCOc1c(C)c(CC=C(C)C)c(OCCCOC)c(OC)c1OC.COCCCOc1c(CC=C(C)C)c(C)c(O)c(OC)c1OC. The number of hydrogen-bond donors (Lipinski definition) is 2. The van der Waals surface area contributed by atoms with Crippen molar-refractivity contribution in [3.63, 3.8) is 0 Å². The number of ether oxygens (including phenoxy) is 14. The summed E-state index contributed by atoms with van der Waals surface area (Å²) in [5, 5.41) is 21.0. The van der Waals surface area contributed by atoms with E-state index < -0.39 is 0 Å². The van der Waals surface area contributed by atoms with E-state index in [1.165, 1.54) is 30.9 Å². The monoisotopic (exact) mass is 1070 g/mol. The Hall–Kier alpha value is -5.68. The number of allylic oxidation sites excluding steroid dienone is 6. The highest BCUT2D eigenvalue weighted by Crippen LogP contribution is 2.52. The number of phenols is 2. The number of benzene rings is 3. The first-order valence-corrected chi connectivity index (χ1v) is 25.6. The Bertz CT molecular complexity index is 2220. The lowest BCUT2D eigenvalue weighted by molar-refractivity contribution is 0.167. The lowest BCUT2D eigenvalue weighted by Crippen LogP contribution is -2.10. The minimum absolute atomic E-state index is 0. The van der Waals surface area contributed by atoms with E-state index in [0.29, 0.717) is 123 Å². The number of aromatic hydroxyl groups is 2. The first-order chi connectivity index (χ1) is 36.0. The van der Waals surface area contributed by atoms with Gasteiger partial charge in [0.25, 0.3) is 0 Å². The molecule has 2 N–H and O–H groups in total. The van der Waals surface area contributed by atoms with Crippen LogP contribution in [0.5, 0.6) is 69.0 Å². The van der Waals surface area contributed by atoms with Crippen molar-refractivity contribution >= 4 is 0 Å². The number of phenolic OH excluding ortho intramolecular Hbond substituents is 2. The Morgan fingerprint density at radius 3 is 0.987 bits per heavy atom. The van der Waals surface area contributed by atoms with Gasteiger partial charge in [0.15, 0.2) is 34.5 Å². The van der Waals surface area contributed by atoms with E-state index in [2.05, 4.69) is 45.9 Å². The fourth-order valence-corrected chi connectivity index (χ4v) is 7.54. The van der Waals surface area contributed by atoms with Crippen LogP contribution in [0.1, 0.15) is 114 Å². The van der Waals surface area contributed by atoms with E-state index in [1.54, 1.807) is 56.9 Å². The van der Waals surface area contributed by atoms with Crippen molar-refractivity contribution < 1.29 is 76.5 Å². The molecule has 434 valence electrons. The summed E-state index contributed by atoms with van der Waals surface area (Å²) in [5.74, 6) is 5.39. The van der Waals surface area contributed by atoms with Gasteiger partial charge in [-0.3, -0.25) is 0 Å². The summed E-state index contributed by atoms with van der Waals surface area (Å²) in [4.78, 5) is 0. The quantitative estimate of drug-likeness (QED) is 0.0436. The van der Waals surface area contributed by atoms with Gasteiger partial charge in [-0.2, -0.15) is 0 Å². The third kappa shape index (κ3) is 21.7. The van der Waals surface area contributed by atoms with Gasteiger partial charge in [-0.15, -0.1) is 0 Å². The highest BCUT2D eigenvalue weighted by molar-refractivity contribution is 5.69. The molecule has 0 aliphatic rings. The molecule has 0 radical (unpaired) electrons. The molecular formula is C60H98O16. The first-order valence-electron chi connectivity index (χ1n) is 25.6. The van der Waals surface area contributed by atoms with Crippen LogP contribution in [0.4, 0.5) is 0 Å². The zero-order chi connectivity index (χ0) is 56.5. The molecule has 0 unspecified atom stereocenters. The van der Waals surface area contributed by atoms with Gasteiger partial charge in [-0.05, 0) is 81.1 Å². The maximum atomic E-state index is 10.6. The Kier molecular flexibility index (Phi) is 36.7. The molecule has 16 heteroatoms. The topological polar surface area (TPSA) is 170 Å². The van der Waals surface area contributed by atoms with Crippen LogP contribution in [0.15, 0.2) is 34.9 Å². The van der Waals surface area contributed by atoms with Crippen LogP contribution in [-0.4, -0.2) is 134 Å². The summed E-state index contributed by atoms with van der Waals surface area (Å²) in [6.07, 6.45) is 12.5. The Morgan fingerprint density at radius 2 is 0.645 bits per heavy atom. The second-order valence-corrected chi connectivity index (χ2v) is 17.9. The molecule has 0 aliphatic heterocycles. The number of rotatable bonds is 33. The molecule has 0 bridgehead atoms. The molecule has 0 spiro atoms. The van der Waals surface area contributed by atoms with Crippen LogP contribution in [0.2, 0.25) is 0 Å². The molecule has 0 aromatic heterocycles. The zero-order valence-corrected chi connectivity index (χ0v) is 49.2. The third-order valence-electron chi connectivity index (χ3n) is 11.9. The van der Waals surface area contributed by atoms with Gasteiger partial charge in [0.05, 0.1) is 69.1 Å². The summed E-state index contributed by atoms with van der Waals surface area (Å²) in [6, 6.07) is 0. The molecule has 0 aliphatic carbocycles. The van der Waals surface area contributed by atoms with Crippen molar-refractivity contribution in [3.8, 4) is 69.0 Å². The molecule has 3 aromatic rings. The minimum atomic E-state index is 0. The molecule has 0 heterocycles. The van der Waals surface area contributed by atoms with Crippen molar-refractivity contribution in [1.29, 1.82) is 0 Å². The lowest BCUT2D eigenvalue weighted by Gasteiger charge is -2.23. The van der Waals surface area contributed by atoms with E-state index >= 15 is 0 Å². The van der Waals surface area contributed by atoms with E-state index in [-0.39, 0.29) is 18.9 Å². The molecule has 0 fully saturated rings. The Labute approximate surface area is 457 Å². The van der Waals surface area contributed by atoms with Crippen LogP contribution < -0.4 is 47.4 Å². The van der Waals surface area contributed by atoms with E-state index in [1.807, 2.05) is 34.6 Å². The van der Waals surface area contributed by atoms with Gasteiger partial charge in [0.1, 0.15) is 0 Å². The van der Waals surface area contributed by atoms with Gasteiger partial charge in [0.2, 0.25) is 34.5 Å². The predicted octanol–water partition coefficient (Wildman–Crippen LogP) is 12.7. The van der Waals surface area contributed by atoms with Crippen LogP contribution in [0.25, 0.3) is 0 Å². The minimum Gasteiger partial charge on any atom is -0.504 e. The Morgan fingerprint density at radius 1 is 0.355 bits per heavy atom. The van der Waals surface area contributed by atoms with Crippen molar-refractivity contribution in [2.75, 3.05) is 124 Å². The second kappa shape index (κ2) is 39.7. The summed E-state index contributed by atoms with van der Waals surface area (Å²) in [5.41, 5.74) is 9.04. The van der Waals surface area contributed by atoms with Crippen molar-refractivity contribution in [2.24, 2.45) is 0 Å². The van der Waals surface area contributed by atoms with E-state index in [4.69, 9.17) is 66.3 Å². The zero-order valence-electron chi connectivity index (χ0n) is 49.2. The maximum absolute atomic E-state index is 10.6. The summed E-state index contributed by atoms with van der Waals surface area (Å²) in [6.45, 7) is 22.8. The summed E-state index contributed by atoms with van der Waals surface area (Å²) < 4.78 is 77.3. The fourth-order valence-electron chi connectivity index (χ4n) is 7.54. The molecule has 3 aromatic carbocycles. The number of hydrogen-bond acceptors (Lipinski definition) is 16. The molecule has 0 amide bonds. The van der Waals surface area contributed by atoms with Gasteiger partial charge in [-0.1, -0.05) is 49.3 Å². The van der Waals surface area contributed by atoms with Gasteiger partial charge < -0.3 is 76.5 Å². The lowest BCUT2D eigenvalue weighted by atomic mass is 10.00. The van der Waals surface area contributed by atoms with Gasteiger partial charge >= 0.3 is 0 Å². The molecule has 16 nitrogen and oxygen atoms in total. The van der Waals surface area contributed by atoms with Crippen LogP contribution in [0, 0.1) is 20.8 Å². The normalized spacial score (nSPS) is 10.6. The largest absolute Gasteiger partial charge is 0.504 e. The third-order valence-corrected chi connectivity index (χ3v) is 11.9. The molecule has 3 rings (SSSR count). The van der Waals surface area contributed by atoms with Crippen molar-refractivity contribution in [1.82, 2.24) is 0 Å². The summed E-state index contributed by atoms with van der Waals surface area (Å²) >= 11 is 0. The molecule has 76 heavy (non-hydrogen) atoms. The highest BCUT2D eigenvalue weighted by Gasteiger charge is 2.28. The second-order valence-electron chi connectivity index (χ2n) is 17.9. The van der Waals surface area contributed by atoms with Crippen LogP contribution in [-0.2, 0) is 38.2 Å².